The molecule has 2 rings (SSSR count). The SMILES string of the molecule is Cc1noc(CCNS(=O)(=O)c2ccc(CO)cc2F)n1. The Morgan fingerprint density at radius 2 is 2.19 bits per heavy atom. The van der Waals surface area contributed by atoms with Gasteiger partial charge in [-0.2, -0.15) is 4.98 Å². The van der Waals surface area contributed by atoms with Crippen LogP contribution in [0.5, 0.6) is 0 Å². The summed E-state index contributed by atoms with van der Waals surface area (Å²) in [6.07, 6.45) is 0.205. The highest BCUT2D eigenvalue weighted by Crippen LogP contribution is 2.16. The first-order valence-corrected chi connectivity index (χ1v) is 7.59. The molecule has 0 unspecified atom stereocenters. The fourth-order valence-electron chi connectivity index (χ4n) is 1.67. The van der Waals surface area contributed by atoms with Crippen molar-refractivity contribution < 1.29 is 22.4 Å². The Bertz CT molecular complexity index is 730. The molecule has 0 bridgehead atoms. The van der Waals surface area contributed by atoms with Gasteiger partial charge in [-0.3, -0.25) is 0 Å². The first-order valence-electron chi connectivity index (χ1n) is 6.10. The molecule has 0 aliphatic carbocycles. The van der Waals surface area contributed by atoms with Crippen LogP contribution in [0.3, 0.4) is 0 Å². The lowest BCUT2D eigenvalue weighted by Gasteiger charge is -2.07. The Balaban J connectivity index is 2.04. The maximum atomic E-state index is 13.7. The highest BCUT2D eigenvalue weighted by atomic mass is 32.2. The Kier molecular flexibility index (Phi) is 4.66. The van der Waals surface area contributed by atoms with E-state index in [1.807, 2.05) is 0 Å². The summed E-state index contributed by atoms with van der Waals surface area (Å²) in [5.74, 6) is -0.160. The van der Waals surface area contributed by atoms with Crippen molar-refractivity contribution in [2.24, 2.45) is 0 Å². The zero-order chi connectivity index (χ0) is 15.5. The van der Waals surface area contributed by atoms with E-state index < -0.39 is 20.7 Å². The quantitative estimate of drug-likeness (QED) is 0.805. The normalized spacial score (nSPS) is 11.8. The van der Waals surface area contributed by atoms with E-state index in [4.69, 9.17) is 9.63 Å². The van der Waals surface area contributed by atoms with Gasteiger partial charge >= 0.3 is 0 Å². The molecule has 2 N–H and O–H groups in total. The molecule has 1 aromatic carbocycles. The smallest absolute Gasteiger partial charge is 0.243 e. The molecular formula is C12H14FN3O4S. The molecule has 0 aliphatic heterocycles. The minimum atomic E-state index is -3.98. The number of halogens is 1. The number of benzene rings is 1. The monoisotopic (exact) mass is 315 g/mol. The Morgan fingerprint density at radius 1 is 1.43 bits per heavy atom. The molecule has 7 nitrogen and oxygen atoms in total. The second-order valence-corrected chi connectivity index (χ2v) is 6.04. The zero-order valence-corrected chi connectivity index (χ0v) is 12.0. The number of aliphatic hydroxyl groups is 1. The average Bonchev–Trinajstić information content (AvgIpc) is 2.83. The third-order valence-electron chi connectivity index (χ3n) is 2.67. The molecule has 21 heavy (non-hydrogen) atoms. The Hall–Kier alpha value is -1.84. The van der Waals surface area contributed by atoms with Crippen molar-refractivity contribution in [2.45, 2.75) is 24.8 Å². The molecule has 0 saturated heterocycles. The third kappa shape index (κ3) is 3.84. The van der Waals surface area contributed by atoms with Crippen LogP contribution in [0.4, 0.5) is 4.39 Å². The lowest BCUT2D eigenvalue weighted by molar-refractivity contribution is 0.281. The van der Waals surface area contributed by atoms with Gasteiger partial charge < -0.3 is 9.63 Å². The van der Waals surface area contributed by atoms with Crippen molar-refractivity contribution in [3.63, 3.8) is 0 Å². The van der Waals surface area contributed by atoms with Gasteiger partial charge in [0.1, 0.15) is 10.7 Å². The number of hydrogen-bond acceptors (Lipinski definition) is 6. The largest absolute Gasteiger partial charge is 0.392 e. The molecule has 2 aromatic rings. The number of aromatic nitrogens is 2. The molecule has 1 heterocycles. The summed E-state index contributed by atoms with van der Waals surface area (Å²) in [4.78, 5) is 3.46. The second kappa shape index (κ2) is 6.29. The molecule has 0 saturated carbocycles. The van der Waals surface area contributed by atoms with Crippen molar-refractivity contribution in [1.82, 2.24) is 14.9 Å². The lowest BCUT2D eigenvalue weighted by atomic mass is 10.2. The van der Waals surface area contributed by atoms with E-state index in [1.165, 1.54) is 6.07 Å². The number of aliphatic hydroxyl groups excluding tert-OH is 1. The first-order chi connectivity index (χ1) is 9.92. The molecule has 0 spiro atoms. The fourth-order valence-corrected chi connectivity index (χ4v) is 2.76. The van der Waals surface area contributed by atoms with Crippen molar-refractivity contribution >= 4 is 10.0 Å². The molecule has 1 aromatic heterocycles. The Morgan fingerprint density at radius 3 is 2.76 bits per heavy atom. The van der Waals surface area contributed by atoms with Crippen LogP contribution >= 0.6 is 0 Å². The van der Waals surface area contributed by atoms with Gasteiger partial charge in [0.05, 0.1) is 6.61 Å². The van der Waals surface area contributed by atoms with Crippen LogP contribution in [-0.2, 0) is 23.1 Å². The third-order valence-corrected chi connectivity index (χ3v) is 4.16. The molecular weight excluding hydrogens is 301 g/mol. The van der Waals surface area contributed by atoms with Gasteiger partial charge in [-0.25, -0.2) is 17.5 Å². The predicted molar refractivity (Wildman–Crippen MR) is 70.3 cm³/mol. The zero-order valence-electron chi connectivity index (χ0n) is 11.2. The van der Waals surface area contributed by atoms with Crippen molar-refractivity contribution in [1.29, 1.82) is 0 Å². The summed E-state index contributed by atoms with van der Waals surface area (Å²) >= 11 is 0. The standard InChI is InChI=1S/C12H14FN3O4S/c1-8-15-12(20-16-8)4-5-14-21(18,19)11-3-2-9(7-17)6-10(11)13/h2-3,6,14,17H,4-5,7H2,1H3. The van der Waals surface area contributed by atoms with E-state index in [0.29, 0.717) is 17.3 Å². The number of sulfonamides is 1. The van der Waals surface area contributed by atoms with Crippen LogP contribution in [0, 0.1) is 12.7 Å². The summed E-state index contributed by atoms with van der Waals surface area (Å²) in [5.41, 5.74) is 0.299. The number of aryl methyl sites for hydroxylation is 1. The van der Waals surface area contributed by atoms with Crippen molar-refractivity contribution in [3.8, 4) is 0 Å². The first kappa shape index (κ1) is 15.5. The van der Waals surface area contributed by atoms with Gasteiger partial charge in [0, 0.05) is 13.0 Å². The minimum absolute atomic E-state index is 0.00512. The molecule has 9 heteroatoms. The molecule has 0 atom stereocenters. The second-order valence-electron chi connectivity index (χ2n) is 4.31. The van der Waals surface area contributed by atoms with Crippen LogP contribution in [0.15, 0.2) is 27.6 Å². The maximum absolute atomic E-state index is 13.7. The van der Waals surface area contributed by atoms with Crippen molar-refractivity contribution in [2.75, 3.05) is 6.54 Å². The van der Waals surface area contributed by atoms with Crippen LogP contribution < -0.4 is 4.72 Å². The highest BCUT2D eigenvalue weighted by molar-refractivity contribution is 7.89. The van der Waals surface area contributed by atoms with E-state index in [-0.39, 0.29) is 19.6 Å². The minimum Gasteiger partial charge on any atom is -0.392 e. The fraction of sp³-hybridized carbons (Fsp3) is 0.333. The predicted octanol–water partition coefficient (Wildman–Crippen LogP) is 0.530. The lowest BCUT2D eigenvalue weighted by Crippen LogP contribution is -2.27. The van der Waals surface area contributed by atoms with E-state index >= 15 is 0 Å². The molecule has 0 radical (unpaired) electrons. The summed E-state index contributed by atoms with van der Waals surface area (Å²) in [6.45, 7) is 1.29. The number of rotatable bonds is 6. The van der Waals surface area contributed by atoms with Gasteiger partial charge in [-0.15, -0.1) is 0 Å². The van der Waals surface area contributed by atoms with Gasteiger partial charge in [-0.05, 0) is 24.6 Å². The van der Waals surface area contributed by atoms with E-state index in [9.17, 15) is 12.8 Å². The van der Waals surface area contributed by atoms with E-state index in [0.717, 1.165) is 12.1 Å². The van der Waals surface area contributed by atoms with E-state index in [1.54, 1.807) is 6.92 Å². The number of nitrogens with zero attached hydrogens (tertiary/aromatic N) is 2. The van der Waals surface area contributed by atoms with Gasteiger partial charge in [-0.1, -0.05) is 11.2 Å². The summed E-state index contributed by atoms with van der Waals surface area (Å²) in [7, 11) is -3.98. The van der Waals surface area contributed by atoms with Gasteiger partial charge in [0.25, 0.3) is 0 Å². The summed E-state index contributed by atoms with van der Waals surface area (Å²) in [5, 5.41) is 12.4. The molecule has 0 aliphatic rings. The van der Waals surface area contributed by atoms with Gasteiger partial charge in [0.2, 0.25) is 15.9 Å². The Labute approximate surface area is 120 Å². The maximum Gasteiger partial charge on any atom is 0.243 e. The summed E-state index contributed by atoms with van der Waals surface area (Å²) < 4.78 is 44.7. The van der Waals surface area contributed by atoms with Crippen LogP contribution in [0.2, 0.25) is 0 Å². The summed E-state index contributed by atoms with van der Waals surface area (Å²) in [6, 6.07) is 3.44. The van der Waals surface area contributed by atoms with Crippen LogP contribution in [0.25, 0.3) is 0 Å². The van der Waals surface area contributed by atoms with Crippen LogP contribution in [-0.4, -0.2) is 30.2 Å². The molecule has 114 valence electrons. The van der Waals surface area contributed by atoms with E-state index in [2.05, 4.69) is 14.9 Å². The number of nitrogens with one attached hydrogen (secondary N) is 1. The molecule has 0 fully saturated rings. The highest BCUT2D eigenvalue weighted by Gasteiger charge is 2.19. The van der Waals surface area contributed by atoms with Crippen molar-refractivity contribution in [3.05, 3.63) is 41.3 Å². The topological polar surface area (TPSA) is 105 Å². The van der Waals surface area contributed by atoms with Crippen LogP contribution in [0.1, 0.15) is 17.3 Å². The van der Waals surface area contributed by atoms with Gasteiger partial charge in [0.15, 0.2) is 5.82 Å². The number of hydrogen-bond donors (Lipinski definition) is 2. The average molecular weight is 315 g/mol. The molecule has 0 amide bonds.